The van der Waals surface area contributed by atoms with Crippen LogP contribution in [0, 0.1) is 0 Å². The molecular weight excluding hydrogens is 639 g/mol. The molecule has 0 bridgehead atoms. The average molecular weight is 664 g/mol. The third kappa shape index (κ3) is 6.44. The van der Waals surface area contributed by atoms with Crippen LogP contribution in [0.5, 0.6) is 11.5 Å². The van der Waals surface area contributed by atoms with Gasteiger partial charge in [-0.3, -0.25) is 14.5 Å². The van der Waals surface area contributed by atoms with Gasteiger partial charge in [0.05, 0.1) is 24.4 Å². The van der Waals surface area contributed by atoms with E-state index in [1.165, 1.54) is 24.0 Å². The van der Waals surface area contributed by atoms with Crippen LogP contribution < -0.4 is 14.4 Å². The zero-order valence-corrected chi connectivity index (χ0v) is 25.8. The van der Waals surface area contributed by atoms with E-state index in [9.17, 15) is 9.59 Å². The lowest BCUT2D eigenvalue weighted by Crippen LogP contribution is -2.35. The predicted molar refractivity (Wildman–Crippen MR) is 164 cm³/mol. The first-order chi connectivity index (χ1) is 19.2. The third-order valence-corrected chi connectivity index (χ3v) is 7.77. The minimum absolute atomic E-state index is 0.177. The number of aryl methyl sites for hydroxylation is 1. The van der Waals surface area contributed by atoms with E-state index in [0.717, 1.165) is 17.5 Å². The topological polar surface area (TPSA) is 68.3 Å². The molecule has 1 saturated heterocycles. The molecule has 1 heterocycles. The standard InChI is InChI=1S/C29H25BrCl2N2O5S/c1-4-17-5-9-21(10-6-17)34-28(36)24(33(29(34)40)15-26(35)38-3)12-18-11-22(30)27(25(13-18)37-2)39-16-19-7-8-20(31)14-23(19)32/h5-14H,4,15-16H2,1-3H3/b24-12-. The Morgan fingerprint density at radius 1 is 1.07 bits per heavy atom. The van der Waals surface area contributed by atoms with Gasteiger partial charge >= 0.3 is 5.97 Å². The number of anilines is 1. The number of esters is 1. The van der Waals surface area contributed by atoms with Crippen LogP contribution in [0.4, 0.5) is 5.69 Å². The monoisotopic (exact) mass is 662 g/mol. The number of thiocarbonyl (C=S) groups is 1. The van der Waals surface area contributed by atoms with Gasteiger partial charge in [0.2, 0.25) is 0 Å². The molecule has 3 aromatic carbocycles. The fraction of sp³-hybridized carbons (Fsp3) is 0.207. The molecule has 0 saturated carbocycles. The van der Waals surface area contributed by atoms with Crippen molar-refractivity contribution in [1.82, 2.24) is 4.90 Å². The maximum atomic E-state index is 13.7. The van der Waals surface area contributed by atoms with Crippen molar-refractivity contribution >= 4 is 80.1 Å². The first-order valence-corrected chi connectivity index (χ1v) is 14.1. The Balaban J connectivity index is 1.68. The van der Waals surface area contributed by atoms with Gasteiger partial charge in [0, 0.05) is 15.6 Å². The van der Waals surface area contributed by atoms with Crippen molar-refractivity contribution in [2.45, 2.75) is 20.0 Å². The van der Waals surface area contributed by atoms with Crippen molar-refractivity contribution in [3.05, 3.63) is 91.5 Å². The van der Waals surface area contributed by atoms with E-state index in [2.05, 4.69) is 22.9 Å². The number of hydrogen-bond acceptors (Lipinski definition) is 6. The van der Waals surface area contributed by atoms with E-state index in [0.29, 0.717) is 37.3 Å². The van der Waals surface area contributed by atoms with Crippen LogP contribution in [0.2, 0.25) is 10.0 Å². The summed E-state index contributed by atoms with van der Waals surface area (Å²) in [7, 11) is 2.80. The van der Waals surface area contributed by atoms with Crippen molar-refractivity contribution in [3.8, 4) is 11.5 Å². The smallest absolute Gasteiger partial charge is 0.325 e. The predicted octanol–water partition coefficient (Wildman–Crippen LogP) is 7.05. The summed E-state index contributed by atoms with van der Waals surface area (Å²) in [5.74, 6) is -0.0302. The summed E-state index contributed by atoms with van der Waals surface area (Å²) in [4.78, 5) is 28.8. The summed E-state index contributed by atoms with van der Waals surface area (Å²) >= 11 is 21.5. The minimum atomic E-state index is -0.535. The van der Waals surface area contributed by atoms with E-state index < -0.39 is 5.97 Å². The average Bonchev–Trinajstić information content (AvgIpc) is 3.16. The van der Waals surface area contributed by atoms with Gasteiger partial charge in [-0.2, -0.15) is 0 Å². The summed E-state index contributed by atoms with van der Waals surface area (Å²) < 4.78 is 17.1. The molecule has 3 aromatic rings. The fourth-order valence-corrected chi connectivity index (χ4v) is 5.43. The zero-order chi connectivity index (χ0) is 29.0. The molecule has 4 rings (SSSR count). The van der Waals surface area contributed by atoms with Crippen LogP contribution in [0.15, 0.2) is 64.8 Å². The van der Waals surface area contributed by atoms with Gasteiger partial charge in [0.25, 0.3) is 5.91 Å². The Bertz CT molecular complexity index is 1500. The Morgan fingerprint density at radius 3 is 2.42 bits per heavy atom. The lowest BCUT2D eigenvalue weighted by molar-refractivity contribution is -0.140. The zero-order valence-electron chi connectivity index (χ0n) is 21.9. The molecule has 1 amide bonds. The highest BCUT2D eigenvalue weighted by molar-refractivity contribution is 9.10. The van der Waals surface area contributed by atoms with Crippen molar-refractivity contribution < 1.29 is 23.8 Å². The Labute approximate surface area is 256 Å². The van der Waals surface area contributed by atoms with Crippen LogP contribution in [0.25, 0.3) is 6.08 Å². The molecule has 0 N–H and O–H groups in total. The number of rotatable bonds is 9. The van der Waals surface area contributed by atoms with Crippen molar-refractivity contribution in [1.29, 1.82) is 0 Å². The fourth-order valence-electron chi connectivity index (χ4n) is 4.04. The Morgan fingerprint density at radius 2 is 1.80 bits per heavy atom. The van der Waals surface area contributed by atoms with E-state index >= 15 is 0 Å². The third-order valence-electron chi connectivity index (χ3n) is 6.20. The number of carbonyl (C=O) groups is 2. The van der Waals surface area contributed by atoms with Gasteiger partial charge in [-0.05, 0) is 88.2 Å². The SMILES string of the molecule is CCc1ccc(N2C(=O)/C(=C/c3cc(Br)c(OCc4ccc(Cl)cc4Cl)c(OC)c3)N(CC(=O)OC)C2=S)cc1. The number of hydrogen-bond donors (Lipinski definition) is 0. The van der Waals surface area contributed by atoms with Gasteiger partial charge in [0.15, 0.2) is 16.6 Å². The molecule has 1 aliphatic heterocycles. The summed E-state index contributed by atoms with van der Waals surface area (Å²) in [6.07, 6.45) is 2.51. The lowest BCUT2D eigenvalue weighted by Gasteiger charge is -2.19. The maximum absolute atomic E-state index is 13.7. The number of benzene rings is 3. The Hall–Kier alpha value is -3.11. The number of ether oxygens (including phenoxy) is 3. The second-order valence-corrected chi connectivity index (χ2v) is 10.8. The van der Waals surface area contributed by atoms with Gasteiger partial charge in [-0.15, -0.1) is 0 Å². The van der Waals surface area contributed by atoms with Crippen LogP contribution >= 0.6 is 51.3 Å². The molecule has 11 heteroatoms. The van der Waals surface area contributed by atoms with Crippen LogP contribution in [-0.2, 0) is 27.4 Å². The highest BCUT2D eigenvalue weighted by Crippen LogP contribution is 2.39. The molecule has 0 radical (unpaired) electrons. The van der Waals surface area contributed by atoms with E-state index in [1.807, 2.05) is 24.3 Å². The molecule has 0 aromatic heterocycles. The van der Waals surface area contributed by atoms with Crippen LogP contribution in [0.1, 0.15) is 23.6 Å². The van der Waals surface area contributed by atoms with E-state index in [-0.39, 0.29) is 29.9 Å². The number of nitrogens with zero attached hydrogens (tertiary/aromatic N) is 2. The quantitative estimate of drug-likeness (QED) is 0.138. The van der Waals surface area contributed by atoms with Crippen molar-refractivity contribution in [2.75, 3.05) is 25.7 Å². The molecule has 40 heavy (non-hydrogen) atoms. The molecule has 1 aliphatic rings. The molecule has 0 atom stereocenters. The lowest BCUT2D eigenvalue weighted by atomic mass is 10.1. The normalized spacial score (nSPS) is 14.2. The number of amides is 1. The second-order valence-electron chi connectivity index (χ2n) is 8.69. The number of methoxy groups -OCH3 is 2. The van der Waals surface area contributed by atoms with Gasteiger partial charge < -0.3 is 19.1 Å². The van der Waals surface area contributed by atoms with Gasteiger partial charge in [0.1, 0.15) is 18.8 Å². The first kappa shape index (κ1) is 29.9. The second kappa shape index (κ2) is 13.0. The molecule has 0 unspecified atom stereocenters. The van der Waals surface area contributed by atoms with E-state index in [1.54, 1.807) is 36.4 Å². The maximum Gasteiger partial charge on any atom is 0.325 e. The summed E-state index contributed by atoms with van der Waals surface area (Å²) in [5.41, 5.74) is 3.31. The molecule has 7 nitrogen and oxygen atoms in total. The summed E-state index contributed by atoms with van der Waals surface area (Å²) in [6, 6.07) is 16.2. The largest absolute Gasteiger partial charge is 0.493 e. The van der Waals surface area contributed by atoms with Crippen LogP contribution in [-0.4, -0.2) is 42.7 Å². The van der Waals surface area contributed by atoms with E-state index in [4.69, 9.17) is 49.6 Å². The molecule has 0 aliphatic carbocycles. The Kier molecular flexibility index (Phi) is 9.73. The first-order valence-electron chi connectivity index (χ1n) is 12.1. The number of halogens is 3. The van der Waals surface area contributed by atoms with Crippen LogP contribution in [0.3, 0.4) is 0 Å². The van der Waals surface area contributed by atoms with Gasteiger partial charge in [-0.1, -0.05) is 48.3 Å². The van der Waals surface area contributed by atoms with Crippen molar-refractivity contribution in [3.63, 3.8) is 0 Å². The molecule has 1 fully saturated rings. The molecule has 208 valence electrons. The highest BCUT2D eigenvalue weighted by Gasteiger charge is 2.40. The number of carbonyl (C=O) groups excluding carboxylic acids is 2. The van der Waals surface area contributed by atoms with Crippen molar-refractivity contribution in [2.24, 2.45) is 0 Å². The summed E-state index contributed by atoms with van der Waals surface area (Å²) in [5, 5.41) is 1.19. The summed E-state index contributed by atoms with van der Waals surface area (Å²) in [6.45, 7) is 2.00. The minimum Gasteiger partial charge on any atom is -0.493 e. The molecular formula is C29H25BrCl2N2O5S. The highest BCUT2D eigenvalue weighted by atomic mass is 79.9. The molecule has 0 spiro atoms. The van der Waals surface area contributed by atoms with Gasteiger partial charge in [-0.25, -0.2) is 0 Å².